The molecule has 1 fully saturated rings. The Balaban J connectivity index is 1.55. The molecule has 3 heterocycles. The zero-order valence-corrected chi connectivity index (χ0v) is 14.9. The Kier molecular flexibility index (Phi) is 5.37. The molecule has 0 unspecified atom stereocenters. The van der Waals surface area contributed by atoms with Gasteiger partial charge in [0, 0.05) is 64.0 Å². The first kappa shape index (κ1) is 16.8. The molecule has 1 aliphatic rings. The molecule has 128 valence electrons. The summed E-state index contributed by atoms with van der Waals surface area (Å²) in [6.45, 7) is 8.82. The molecular weight excluding hydrogens is 324 g/mol. The van der Waals surface area contributed by atoms with Gasteiger partial charge in [-0.2, -0.15) is 0 Å². The van der Waals surface area contributed by atoms with Crippen LogP contribution in [0.1, 0.15) is 19.5 Å². The largest absolute Gasteiger partial charge is 0.353 e. The quantitative estimate of drug-likeness (QED) is 0.820. The van der Waals surface area contributed by atoms with Gasteiger partial charge in [-0.15, -0.1) is 11.3 Å². The van der Waals surface area contributed by atoms with Crippen LogP contribution in [0.15, 0.2) is 24.0 Å². The lowest BCUT2D eigenvalue weighted by Gasteiger charge is -2.34. The molecular formula is C16H22N6OS. The van der Waals surface area contributed by atoms with E-state index >= 15 is 0 Å². The van der Waals surface area contributed by atoms with E-state index in [0.29, 0.717) is 6.54 Å². The average Bonchev–Trinajstić information content (AvgIpc) is 3.05. The highest BCUT2D eigenvalue weighted by Gasteiger charge is 2.20. The molecule has 0 spiro atoms. The van der Waals surface area contributed by atoms with Crippen LogP contribution in [0.5, 0.6) is 0 Å². The molecule has 0 N–H and O–H groups in total. The number of carbonyl (C=O) groups is 1. The molecule has 7 nitrogen and oxygen atoms in total. The number of hydrogen-bond donors (Lipinski definition) is 0. The lowest BCUT2D eigenvalue weighted by Crippen LogP contribution is -2.46. The van der Waals surface area contributed by atoms with E-state index < -0.39 is 0 Å². The van der Waals surface area contributed by atoms with Gasteiger partial charge in [0.1, 0.15) is 5.82 Å². The Labute approximate surface area is 146 Å². The maximum absolute atomic E-state index is 11.6. The van der Waals surface area contributed by atoms with Crippen LogP contribution in [0.2, 0.25) is 0 Å². The van der Waals surface area contributed by atoms with Gasteiger partial charge in [-0.05, 0) is 6.92 Å². The van der Waals surface area contributed by atoms with Crippen LogP contribution in [0.25, 0.3) is 0 Å². The maximum Gasteiger partial charge on any atom is 0.225 e. The Bertz CT molecular complexity index is 668. The predicted octanol–water partition coefficient (Wildman–Crippen LogP) is 1.63. The van der Waals surface area contributed by atoms with Crippen LogP contribution in [0, 0.1) is 0 Å². The fraction of sp³-hybridized carbons (Fsp3) is 0.500. The van der Waals surface area contributed by atoms with Gasteiger partial charge in [-0.3, -0.25) is 19.6 Å². The number of nitrogens with zero attached hydrogens (tertiary/aromatic N) is 6. The smallest absolute Gasteiger partial charge is 0.225 e. The lowest BCUT2D eigenvalue weighted by atomic mass is 10.3. The fourth-order valence-electron chi connectivity index (χ4n) is 2.80. The molecule has 0 saturated carbocycles. The highest BCUT2D eigenvalue weighted by Crippen LogP contribution is 2.22. The van der Waals surface area contributed by atoms with E-state index in [1.807, 2.05) is 13.1 Å². The van der Waals surface area contributed by atoms with Crippen molar-refractivity contribution in [3.63, 3.8) is 0 Å². The van der Waals surface area contributed by atoms with E-state index in [9.17, 15) is 4.79 Å². The molecule has 3 rings (SSSR count). The van der Waals surface area contributed by atoms with Gasteiger partial charge in [0.15, 0.2) is 5.13 Å². The number of thiazole rings is 1. The Hall–Kier alpha value is -2.06. The topological polar surface area (TPSA) is 65.5 Å². The average molecular weight is 346 g/mol. The van der Waals surface area contributed by atoms with Gasteiger partial charge in [-0.25, -0.2) is 9.97 Å². The minimum Gasteiger partial charge on any atom is -0.353 e. The Morgan fingerprint density at radius 3 is 2.71 bits per heavy atom. The number of piperazine rings is 1. The summed E-state index contributed by atoms with van der Waals surface area (Å²) in [6, 6.07) is 0. The molecule has 8 heteroatoms. The van der Waals surface area contributed by atoms with Gasteiger partial charge >= 0.3 is 0 Å². The number of anilines is 2. The summed E-state index contributed by atoms with van der Waals surface area (Å²) in [5.74, 6) is 0.976. The second kappa shape index (κ2) is 7.67. The summed E-state index contributed by atoms with van der Waals surface area (Å²) in [4.78, 5) is 31.1. The SMILES string of the molecule is CCN(C(C)=O)c1nc(CN2CCN(c3cnccn3)CC2)cs1. The first-order valence-electron chi connectivity index (χ1n) is 8.13. The number of hydrogen-bond acceptors (Lipinski definition) is 7. The van der Waals surface area contributed by atoms with Crippen molar-refractivity contribution in [1.82, 2.24) is 19.9 Å². The summed E-state index contributed by atoms with van der Waals surface area (Å²) in [7, 11) is 0. The van der Waals surface area contributed by atoms with E-state index in [0.717, 1.165) is 49.4 Å². The van der Waals surface area contributed by atoms with Crippen LogP contribution < -0.4 is 9.80 Å². The third kappa shape index (κ3) is 3.88. The number of aromatic nitrogens is 3. The highest BCUT2D eigenvalue weighted by molar-refractivity contribution is 7.14. The third-order valence-corrected chi connectivity index (χ3v) is 5.01. The molecule has 1 saturated heterocycles. The second-order valence-corrected chi connectivity index (χ2v) is 6.55. The van der Waals surface area contributed by atoms with E-state index in [1.54, 1.807) is 24.2 Å². The third-order valence-electron chi connectivity index (χ3n) is 4.10. The van der Waals surface area contributed by atoms with E-state index in [1.165, 1.54) is 11.3 Å². The minimum absolute atomic E-state index is 0.0379. The van der Waals surface area contributed by atoms with Crippen molar-refractivity contribution in [2.75, 3.05) is 42.5 Å². The zero-order valence-electron chi connectivity index (χ0n) is 14.1. The van der Waals surface area contributed by atoms with Gasteiger partial charge in [0.05, 0.1) is 11.9 Å². The van der Waals surface area contributed by atoms with Gasteiger partial charge < -0.3 is 4.90 Å². The molecule has 0 aliphatic carbocycles. The summed E-state index contributed by atoms with van der Waals surface area (Å²) in [5.41, 5.74) is 1.03. The first-order chi connectivity index (χ1) is 11.7. The van der Waals surface area contributed by atoms with E-state index in [2.05, 4.69) is 30.1 Å². The number of carbonyl (C=O) groups excluding carboxylic acids is 1. The lowest BCUT2D eigenvalue weighted by molar-refractivity contribution is -0.116. The summed E-state index contributed by atoms with van der Waals surface area (Å²) in [6.07, 6.45) is 5.23. The Morgan fingerprint density at radius 1 is 1.29 bits per heavy atom. The van der Waals surface area contributed by atoms with Crippen LogP contribution in [0.4, 0.5) is 10.9 Å². The zero-order chi connectivity index (χ0) is 16.9. The first-order valence-corrected chi connectivity index (χ1v) is 9.01. The van der Waals surface area contributed by atoms with Crippen LogP contribution in [-0.4, -0.2) is 58.5 Å². The molecule has 1 amide bonds. The minimum atomic E-state index is 0.0379. The molecule has 0 atom stereocenters. The maximum atomic E-state index is 11.6. The summed E-state index contributed by atoms with van der Waals surface area (Å²) < 4.78 is 0. The van der Waals surface area contributed by atoms with Gasteiger partial charge in [0.25, 0.3) is 0 Å². The van der Waals surface area contributed by atoms with Crippen molar-refractivity contribution in [3.8, 4) is 0 Å². The summed E-state index contributed by atoms with van der Waals surface area (Å²) in [5, 5.41) is 2.84. The molecule has 2 aromatic rings. The molecule has 1 aliphatic heterocycles. The number of rotatable bonds is 5. The molecule has 24 heavy (non-hydrogen) atoms. The molecule has 2 aromatic heterocycles. The van der Waals surface area contributed by atoms with Crippen molar-refractivity contribution in [2.45, 2.75) is 20.4 Å². The molecule has 0 bridgehead atoms. The fourth-order valence-corrected chi connectivity index (χ4v) is 3.73. The highest BCUT2D eigenvalue weighted by atomic mass is 32.1. The second-order valence-electron chi connectivity index (χ2n) is 5.71. The normalized spacial score (nSPS) is 15.5. The van der Waals surface area contributed by atoms with Crippen molar-refractivity contribution in [3.05, 3.63) is 29.7 Å². The Morgan fingerprint density at radius 2 is 2.08 bits per heavy atom. The van der Waals surface area contributed by atoms with Crippen LogP contribution in [-0.2, 0) is 11.3 Å². The predicted molar refractivity (Wildman–Crippen MR) is 95.3 cm³/mol. The van der Waals surface area contributed by atoms with Crippen LogP contribution >= 0.6 is 11.3 Å². The van der Waals surface area contributed by atoms with Crippen molar-refractivity contribution < 1.29 is 4.79 Å². The summed E-state index contributed by atoms with van der Waals surface area (Å²) >= 11 is 1.54. The standard InChI is InChI=1S/C16H22N6OS/c1-3-22(13(2)23)16-19-14(12-24-16)11-20-6-8-21(9-7-20)15-10-17-4-5-18-15/h4-5,10,12H,3,6-9,11H2,1-2H3. The number of amides is 1. The van der Waals surface area contributed by atoms with Gasteiger partial charge in [0.2, 0.25) is 5.91 Å². The van der Waals surface area contributed by atoms with Crippen LogP contribution in [0.3, 0.4) is 0 Å². The molecule has 0 radical (unpaired) electrons. The van der Waals surface area contributed by atoms with E-state index in [-0.39, 0.29) is 5.91 Å². The van der Waals surface area contributed by atoms with Crippen molar-refractivity contribution in [1.29, 1.82) is 0 Å². The van der Waals surface area contributed by atoms with E-state index in [4.69, 9.17) is 0 Å². The monoisotopic (exact) mass is 346 g/mol. The van der Waals surface area contributed by atoms with Gasteiger partial charge in [-0.1, -0.05) is 0 Å². The van der Waals surface area contributed by atoms with Crippen molar-refractivity contribution >= 4 is 28.2 Å². The van der Waals surface area contributed by atoms with Crippen molar-refractivity contribution in [2.24, 2.45) is 0 Å². The molecule has 0 aromatic carbocycles.